The lowest BCUT2D eigenvalue weighted by Crippen LogP contribution is -2.30. The smallest absolute Gasteiger partial charge is 0.0726 e. The molecule has 1 aromatic rings. The van der Waals surface area contributed by atoms with E-state index in [4.69, 9.17) is 12.2 Å². The lowest BCUT2D eigenvalue weighted by Gasteiger charge is -2.22. The van der Waals surface area contributed by atoms with Gasteiger partial charge in [0.05, 0.1) is 5.69 Å². The lowest BCUT2D eigenvalue weighted by atomic mass is 9.87. The van der Waals surface area contributed by atoms with Crippen molar-refractivity contribution in [1.82, 2.24) is 15.1 Å². The van der Waals surface area contributed by atoms with Gasteiger partial charge in [0.15, 0.2) is 0 Å². The molecule has 0 aliphatic rings. The molecule has 1 unspecified atom stereocenters. The molecule has 4 heteroatoms. The van der Waals surface area contributed by atoms with Gasteiger partial charge in [-0.15, -0.1) is 12.3 Å². The Kier molecular flexibility index (Phi) is 4.94. The van der Waals surface area contributed by atoms with E-state index in [-0.39, 0.29) is 11.5 Å². The van der Waals surface area contributed by atoms with Crippen molar-refractivity contribution in [2.24, 2.45) is 12.8 Å². The van der Waals surface area contributed by atoms with Crippen LogP contribution in [0.4, 0.5) is 0 Å². The van der Waals surface area contributed by atoms with E-state index < -0.39 is 0 Å². The normalized spacial score (nSPS) is 13.3. The first-order chi connectivity index (χ1) is 8.40. The molecule has 1 heterocycles. The molecule has 1 rings (SSSR count). The van der Waals surface area contributed by atoms with Crippen molar-refractivity contribution in [3.63, 3.8) is 0 Å². The van der Waals surface area contributed by atoms with Crippen molar-refractivity contribution in [3.8, 4) is 12.3 Å². The van der Waals surface area contributed by atoms with Crippen LogP contribution in [0.25, 0.3) is 0 Å². The Hall–Kier alpha value is -1.31. The van der Waals surface area contributed by atoms with Crippen LogP contribution >= 0.6 is 0 Å². The number of aryl methyl sites for hydroxylation is 1. The van der Waals surface area contributed by atoms with Gasteiger partial charge in [-0.2, -0.15) is 5.10 Å². The van der Waals surface area contributed by atoms with Crippen LogP contribution in [0.15, 0.2) is 6.20 Å². The van der Waals surface area contributed by atoms with Crippen LogP contribution in [0.3, 0.4) is 0 Å². The van der Waals surface area contributed by atoms with Gasteiger partial charge in [0, 0.05) is 49.8 Å². The molecular weight excluding hydrogens is 224 g/mol. The zero-order valence-corrected chi connectivity index (χ0v) is 11.8. The predicted molar refractivity (Wildman–Crippen MR) is 75.2 cm³/mol. The third kappa shape index (κ3) is 3.59. The molecule has 0 radical (unpaired) electrons. The van der Waals surface area contributed by atoms with Gasteiger partial charge in [-0.25, -0.2) is 0 Å². The molecule has 0 bridgehead atoms. The number of nitrogens with one attached hydrogen (secondary N) is 1. The molecule has 0 saturated carbocycles. The van der Waals surface area contributed by atoms with Crippen LogP contribution < -0.4 is 11.1 Å². The summed E-state index contributed by atoms with van der Waals surface area (Å²) in [6.45, 7) is 7.80. The fourth-order valence-corrected chi connectivity index (χ4v) is 1.98. The van der Waals surface area contributed by atoms with Crippen molar-refractivity contribution in [2.45, 2.75) is 38.6 Å². The monoisotopic (exact) mass is 248 g/mol. The van der Waals surface area contributed by atoms with E-state index in [1.807, 2.05) is 17.9 Å². The molecule has 0 aromatic carbocycles. The van der Waals surface area contributed by atoms with Crippen molar-refractivity contribution in [2.75, 3.05) is 13.1 Å². The predicted octanol–water partition coefficient (Wildman–Crippen LogP) is 1.33. The van der Waals surface area contributed by atoms with E-state index in [9.17, 15) is 0 Å². The molecule has 0 spiro atoms. The van der Waals surface area contributed by atoms with Crippen molar-refractivity contribution in [3.05, 3.63) is 17.5 Å². The average molecular weight is 248 g/mol. The van der Waals surface area contributed by atoms with Crippen molar-refractivity contribution < 1.29 is 0 Å². The summed E-state index contributed by atoms with van der Waals surface area (Å²) in [4.78, 5) is 0. The molecule has 0 fully saturated rings. The number of terminal acetylenes is 1. The topological polar surface area (TPSA) is 55.9 Å². The van der Waals surface area contributed by atoms with Crippen LogP contribution in [0, 0.1) is 12.3 Å². The second-order valence-corrected chi connectivity index (χ2v) is 5.55. The summed E-state index contributed by atoms with van der Waals surface area (Å²) in [6.07, 6.45) is 8.01. The molecule has 0 aliphatic carbocycles. The Bertz CT molecular complexity index is 420. The minimum Gasteiger partial charge on any atom is -0.329 e. The third-order valence-electron chi connectivity index (χ3n) is 2.84. The Morgan fingerprint density at radius 3 is 2.72 bits per heavy atom. The van der Waals surface area contributed by atoms with E-state index in [0.29, 0.717) is 13.0 Å². The quantitative estimate of drug-likeness (QED) is 0.610. The number of rotatable bonds is 5. The highest BCUT2D eigenvalue weighted by atomic mass is 15.3. The molecule has 1 atom stereocenters. The SMILES string of the molecule is C#CCCNC(CN)c1cn(C)nc1C(C)(C)C. The Morgan fingerprint density at radius 2 is 2.22 bits per heavy atom. The Labute approximate surface area is 110 Å². The Morgan fingerprint density at radius 1 is 1.56 bits per heavy atom. The van der Waals surface area contributed by atoms with Crippen molar-refractivity contribution in [1.29, 1.82) is 0 Å². The summed E-state index contributed by atoms with van der Waals surface area (Å²) in [6, 6.07) is 0.112. The van der Waals surface area contributed by atoms with Crippen LogP contribution in [-0.4, -0.2) is 22.9 Å². The van der Waals surface area contributed by atoms with Gasteiger partial charge in [-0.3, -0.25) is 4.68 Å². The van der Waals surface area contributed by atoms with Gasteiger partial charge in [-0.1, -0.05) is 20.8 Å². The molecule has 0 aliphatic heterocycles. The zero-order chi connectivity index (χ0) is 13.8. The van der Waals surface area contributed by atoms with E-state index in [2.05, 4.69) is 37.1 Å². The van der Waals surface area contributed by atoms with Gasteiger partial charge in [0.1, 0.15) is 0 Å². The molecule has 100 valence electrons. The second-order valence-electron chi connectivity index (χ2n) is 5.55. The van der Waals surface area contributed by atoms with Crippen LogP contribution in [-0.2, 0) is 12.5 Å². The van der Waals surface area contributed by atoms with Gasteiger partial charge < -0.3 is 11.1 Å². The maximum Gasteiger partial charge on any atom is 0.0726 e. The number of nitrogens with two attached hydrogens (primary N) is 1. The van der Waals surface area contributed by atoms with E-state index in [1.165, 1.54) is 5.56 Å². The number of hydrogen-bond acceptors (Lipinski definition) is 3. The summed E-state index contributed by atoms with van der Waals surface area (Å²) in [5.74, 6) is 2.62. The van der Waals surface area contributed by atoms with Gasteiger partial charge in [0.2, 0.25) is 0 Å². The molecule has 1 aromatic heterocycles. The summed E-state index contributed by atoms with van der Waals surface area (Å²) < 4.78 is 1.85. The van der Waals surface area contributed by atoms with Crippen LogP contribution in [0.1, 0.15) is 44.5 Å². The molecular formula is C14H24N4. The number of nitrogens with zero attached hydrogens (tertiary/aromatic N) is 2. The number of hydrogen-bond donors (Lipinski definition) is 2. The highest BCUT2D eigenvalue weighted by Gasteiger charge is 2.25. The molecule has 0 amide bonds. The standard InChI is InChI=1S/C14H24N4/c1-6-7-8-16-12(9-15)11-10-18(5)17-13(11)14(2,3)4/h1,10,12,16H,7-9,15H2,2-5H3. The van der Waals surface area contributed by atoms with Crippen LogP contribution in [0.5, 0.6) is 0 Å². The first-order valence-electron chi connectivity index (χ1n) is 6.31. The van der Waals surface area contributed by atoms with Crippen LogP contribution in [0.2, 0.25) is 0 Å². The van der Waals surface area contributed by atoms with E-state index in [0.717, 1.165) is 12.2 Å². The largest absolute Gasteiger partial charge is 0.329 e. The highest BCUT2D eigenvalue weighted by molar-refractivity contribution is 5.27. The fraction of sp³-hybridized carbons (Fsp3) is 0.643. The van der Waals surface area contributed by atoms with Gasteiger partial charge in [-0.05, 0) is 0 Å². The summed E-state index contributed by atoms with van der Waals surface area (Å²) in [5.41, 5.74) is 8.13. The maximum atomic E-state index is 5.86. The summed E-state index contributed by atoms with van der Waals surface area (Å²) >= 11 is 0. The fourth-order valence-electron chi connectivity index (χ4n) is 1.98. The Balaban J connectivity index is 2.95. The molecule has 0 saturated heterocycles. The third-order valence-corrected chi connectivity index (χ3v) is 2.84. The summed E-state index contributed by atoms with van der Waals surface area (Å²) in [5, 5.41) is 7.95. The van der Waals surface area contributed by atoms with Crippen molar-refractivity contribution >= 4 is 0 Å². The number of aromatic nitrogens is 2. The molecule has 3 N–H and O–H groups in total. The first-order valence-corrected chi connectivity index (χ1v) is 6.31. The average Bonchev–Trinajstić information content (AvgIpc) is 2.66. The minimum atomic E-state index is 0.0117. The van der Waals surface area contributed by atoms with Gasteiger partial charge >= 0.3 is 0 Å². The highest BCUT2D eigenvalue weighted by Crippen LogP contribution is 2.27. The first kappa shape index (κ1) is 14.7. The minimum absolute atomic E-state index is 0.0117. The molecule has 4 nitrogen and oxygen atoms in total. The maximum absolute atomic E-state index is 5.86. The van der Waals surface area contributed by atoms with E-state index in [1.54, 1.807) is 0 Å². The lowest BCUT2D eigenvalue weighted by molar-refractivity contribution is 0.511. The molecule has 18 heavy (non-hydrogen) atoms. The van der Waals surface area contributed by atoms with Gasteiger partial charge in [0.25, 0.3) is 0 Å². The second kappa shape index (κ2) is 6.03. The summed E-state index contributed by atoms with van der Waals surface area (Å²) in [7, 11) is 1.94. The van der Waals surface area contributed by atoms with E-state index >= 15 is 0 Å². The zero-order valence-electron chi connectivity index (χ0n) is 11.8.